The maximum absolute atomic E-state index is 4.52. The maximum atomic E-state index is 4.52. The highest BCUT2D eigenvalue weighted by Gasteiger charge is 2.10. The molecule has 0 aliphatic rings. The van der Waals surface area contributed by atoms with Gasteiger partial charge in [0.15, 0.2) is 0 Å². The summed E-state index contributed by atoms with van der Waals surface area (Å²) in [5.74, 6) is 0.672. The molecule has 0 N–H and O–H groups in total. The van der Waals surface area contributed by atoms with Gasteiger partial charge in [0.1, 0.15) is 7.85 Å². The maximum Gasteiger partial charge on any atom is 0.141 e. The summed E-state index contributed by atoms with van der Waals surface area (Å²) >= 11 is 0. The lowest BCUT2D eigenvalue weighted by atomic mass is 9.92. The van der Waals surface area contributed by atoms with Crippen molar-refractivity contribution in [1.82, 2.24) is 4.98 Å². The van der Waals surface area contributed by atoms with Crippen molar-refractivity contribution in [3.63, 3.8) is 0 Å². The number of rotatable bonds is 5. The molecule has 0 bridgehead atoms. The molecule has 0 unspecified atom stereocenters. The van der Waals surface area contributed by atoms with Gasteiger partial charge in [-0.15, -0.1) is 0 Å². The molecule has 0 amide bonds. The quantitative estimate of drug-likeness (QED) is 0.645. The highest BCUT2D eigenvalue weighted by molar-refractivity contribution is 6.31. The van der Waals surface area contributed by atoms with E-state index in [1.54, 1.807) is 0 Å². The lowest BCUT2D eigenvalue weighted by Gasteiger charge is -2.14. The number of pyridine rings is 1. The SMILES string of the molecule is Bc1ccc(C(CCC)CCC)nc1. The van der Waals surface area contributed by atoms with Crippen LogP contribution in [0.1, 0.15) is 51.1 Å². The van der Waals surface area contributed by atoms with E-state index >= 15 is 0 Å². The molecule has 0 spiro atoms. The summed E-state index contributed by atoms with van der Waals surface area (Å²) in [5.41, 5.74) is 2.53. The minimum absolute atomic E-state index is 0.672. The monoisotopic (exact) mass is 189 g/mol. The summed E-state index contributed by atoms with van der Waals surface area (Å²) in [7, 11) is 2.09. The molecule has 0 aromatic carbocycles. The normalized spacial score (nSPS) is 10.8. The summed E-state index contributed by atoms with van der Waals surface area (Å²) in [4.78, 5) is 4.52. The second-order valence-electron chi connectivity index (χ2n) is 4.03. The molecule has 1 aromatic rings. The molecule has 0 atom stereocenters. The minimum Gasteiger partial charge on any atom is -0.262 e. The van der Waals surface area contributed by atoms with E-state index in [2.05, 4.69) is 38.8 Å². The van der Waals surface area contributed by atoms with Gasteiger partial charge < -0.3 is 0 Å². The van der Waals surface area contributed by atoms with Gasteiger partial charge in [0.2, 0.25) is 0 Å². The van der Waals surface area contributed by atoms with Gasteiger partial charge in [-0.05, 0) is 18.9 Å². The third kappa shape index (κ3) is 3.17. The second kappa shape index (κ2) is 5.84. The molecule has 0 radical (unpaired) electrons. The summed E-state index contributed by atoms with van der Waals surface area (Å²) < 4.78 is 0. The molecule has 0 fully saturated rings. The van der Waals surface area contributed by atoms with E-state index in [1.807, 2.05) is 6.20 Å². The van der Waals surface area contributed by atoms with E-state index in [1.165, 1.54) is 36.8 Å². The van der Waals surface area contributed by atoms with Gasteiger partial charge in [-0.25, -0.2) is 0 Å². The Morgan fingerprint density at radius 1 is 1.21 bits per heavy atom. The average molecular weight is 189 g/mol. The van der Waals surface area contributed by atoms with E-state index in [0.717, 1.165) is 0 Å². The third-order valence-electron chi connectivity index (χ3n) is 2.63. The lowest BCUT2D eigenvalue weighted by molar-refractivity contribution is 0.548. The van der Waals surface area contributed by atoms with Crippen molar-refractivity contribution in [3.8, 4) is 0 Å². The van der Waals surface area contributed by atoms with Crippen LogP contribution in [-0.4, -0.2) is 12.8 Å². The summed E-state index contributed by atoms with van der Waals surface area (Å²) in [6.07, 6.45) is 7.02. The Bertz CT molecular complexity index is 250. The fourth-order valence-corrected chi connectivity index (χ4v) is 1.86. The average Bonchev–Trinajstić information content (AvgIpc) is 2.19. The van der Waals surface area contributed by atoms with Crippen molar-refractivity contribution < 1.29 is 0 Å². The first-order chi connectivity index (χ1) is 6.77. The zero-order chi connectivity index (χ0) is 10.4. The van der Waals surface area contributed by atoms with Crippen LogP contribution in [0.5, 0.6) is 0 Å². The first-order valence-corrected chi connectivity index (χ1v) is 5.70. The van der Waals surface area contributed by atoms with Crippen LogP contribution >= 0.6 is 0 Å². The van der Waals surface area contributed by atoms with E-state index in [0.29, 0.717) is 5.92 Å². The van der Waals surface area contributed by atoms with Crippen LogP contribution < -0.4 is 5.46 Å². The van der Waals surface area contributed by atoms with Gasteiger partial charge in [0.25, 0.3) is 0 Å². The molecule has 0 saturated carbocycles. The van der Waals surface area contributed by atoms with Gasteiger partial charge in [-0.3, -0.25) is 4.98 Å². The summed E-state index contributed by atoms with van der Waals surface area (Å²) in [5, 5.41) is 0. The number of hydrogen-bond donors (Lipinski definition) is 0. The van der Waals surface area contributed by atoms with Crippen LogP contribution in [-0.2, 0) is 0 Å². The fourth-order valence-electron chi connectivity index (χ4n) is 1.86. The van der Waals surface area contributed by atoms with Crippen molar-refractivity contribution in [2.75, 3.05) is 0 Å². The fraction of sp³-hybridized carbons (Fsp3) is 0.583. The van der Waals surface area contributed by atoms with Crippen LogP contribution in [0.25, 0.3) is 0 Å². The van der Waals surface area contributed by atoms with Crippen LogP contribution in [0.2, 0.25) is 0 Å². The Kier molecular flexibility index (Phi) is 4.71. The molecule has 0 aliphatic carbocycles. The molecular formula is C12H20BN. The Balaban J connectivity index is 2.71. The van der Waals surface area contributed by atoms with Crippen LogP contribution in [0.15, 0.2) is 18.3 Å². The predicted octanol–water partition coefficient (Wildman–Crippen LogP) is 2.02. The topological polar surface area (TPSA) is 12.9 Å². The minimum atomic E-state index is 0.672. The highest BCUT2D eigenvalue weighted by atomic mass is 14.7. The van der Waals surface area contributed by atoms with E-state index in [9.17, 15) is 0 Å². The van der Waals surface area contributed by atoms with E-state index in [4.69, 9.17) is 0 Å². The van der Waals surface area contributed by atoms with E-state index in [-0.39, 0.29) is 0 Å². The van der Waals surface area contributed by atoms with Gasteiger partial charge in [-0.1, -0.05) is 38.2 Å². The van der Waals surface area contributed by atoms with Crippen molar-refractivity contribution in [1.29, 1.82) is 0 Å². The van der Waals surface area contributed by atoms with Crippen molar-refractivity contribution >= 4 is 13.3 Å². The van der Waals surface area contributed by atoms with Crippen LogP contribution in [0.3, 0.4) is 0 Å². The van der Waals surface area contributed by atoms with Crippen LogP contribution in [0.4, 0.5) is 0 Å². The zero-order valence-electron chi connectivity index (χ0n) is 9.59. The van der Waals surface area contributed by atoms with Crippen molar-refractivity contribution in [2.24, 2.45) is 0 Å². The molecule has 1 heterocycles. The molecule has 2 heteroatoms. The highest BCUT2D eigenvalue weighted by Crippen LogP contribution is 2.23. The molecule has 1 nitrogen and oxygen atoms in total. The first kappa shape index (κ1) is 11.3. The first-order valence-electron chi connectivity index (χ1n) is 5.70. The van der Waals surface area contributed by atoms with Gasteiger partial charge in [-0.2, -0.15) is 0 Å². The molecular weight excluding hydrogens is 169 g/mol. The molecule has 0 aliphatic heterocycles. The van der Waals surface area contributed by atoms with Crippen molar-refractivity contribution in [3.05, 3.63) is 24.0 Å². The lowest BCUT2D eigenvalue weighted by Crippen LogP contribution is -2.07. The zero-order valence-corrected chi connectivity index (χ0v) is 9.59. The molecule has 1 rings (SSSR count). The van der Waals surface area contributed by atoms with Crippen molar-refractivity contribution in [2.45, 2.75) is 45.4 Å². The van der Waals surface area contributed by atoms with Gasteiger partial charge >= 0.3 is 0 Å². The standard InChI is InChI=1S/C12H20BN/c1-3-5-10(6-4-2)12-8-7-11(13)9-14-12/h7-10H,3-6,13H2,1-2H3. The molecule has 76 valence electrons. The second-order valence-corrected chi connectivity index (χ2v) is 4.03. The Labute approximate surface area is 88.4 Å². The van der Waals surface area contributed by atoms with E-state index < -0.39 is 0 Å². The molecule has 0 saturated heterocycles. The Hall–Kier alpha value is -0.785. The smallest absolute Gasteiger partial charge is 0.141 e. The number of nitrogens with zero attached hydrogens (tertiary/aromatic N) is 1. The van der Waals surface area contributed by atoms with Gasteiger partial charge in [0, 0.05) is 17.8 Å². The molecule has 14 heavy (non-hydrogen) atoms. The Morgan fingerprint density at radius 3 is 2.29 bits per heavy atom. The third-order valence-corrected chi connectivity index (χ3v) is 2.63. The largest absolute Gasteiger partial charge is 0.262 e. The summed E-state index contributed by atoms with van der Waals surface area (Å²) in [6.45, 7) is 4.49. The van der Waals surface area contributed by atoms with Gasteiger partial charge in [0.05, 0.1) is 0 Å². The predicted molar refractivity (Wildman–Crippen MR) is 65.0 cm³/mol. The summed E-state index contributed by atoms with van der Waals surface area (Å²) in [6, 6.07) is 4.35. The number of aromatic nitrogens is 1. The Morgan fingerprint density at radius 2 is 1.86 bits per heavy atom. The van der Waals surface area contributed by atoms with Crippen LogP contribution in [0, 0.1) is 0 Å². The number of hydrogen-bond acceptors (Lipinski definition) is 1. The molecule has 1 aromatic heterocycles.